The van der Waals surface area contributed by atoms with Gasteiger partial charge in [0.15, 0.2) is 5.82 Å². The third kappa shape index (κ3) is 3.42. The van der Waals surface area contributed by atoms with Gasteiger partial charge in [-0.15, -0.1) is 0 Å². The number of hydrogen-bond acceptors (Lipinski definition) is 6. The zero-order valence-electron chi connectivity index (χ0n) is 20.5. The van der Waals surface area contributed by atoms with E-state index in [0.717, 1.165) is 75.9 Å². The van der Waals surface area contributed by atoms with E-state index in [1.165, 1.54) is 12.1 Å². The Morgan fingerprint density at radius 3 is 2.37 bits per heavy atom. The van der Waals surface area contributed by atoms with Crippen molar-refractivity contribution in [1.29, 1.82) is 0 Å². The minimum atomic E-state index is -0.390. The molecule has 38 heavy (non-hydrogen) atoms. The van der Waals surface area contributed by atoms with Gasteiger partial charge >= 0.3 is 0 Å². The molecule has 0 atom stereocenters. The summed E-state index contributed by atoms with van der Waals surface area (Å²) in [5.74, 6) is 1.49. The van der Waals surface area contributed by atoms with E-state index >= 15 is 0 Å². The average molecular weight is 501 g/mol. The smallest absolute Gasteiger partial charge is 0.269 e. The van der Waals surface area contributed by atoms with Crippen molar-refractivity contribution in [2.75, 3.05) is 5.32 Å². The van der Waals surface area contributed by atoms with Crippen LogP contribution < -0.4 is 11.1 Å². The van der Waals surface area contributed by atoms with Crippen LogP contribution in [0.3, 0.4) is 0 Å². The summed E-state index contributed by atoms with van der Waals surface area (Å²) in [7, 11) is 0. The molecule has 0 spiro atoms. The minimum absolute atomic E-state index is 0.0401. The zero-order valence-corrected chi connectivity index (χ0v) is 20.5. The SMILES string of the molecule is NC1(c2ccc(-c3c(-c4ccc([N+](=O)[O-])cc4)nc4n3-c3cccnc3Nc3ccccc3-4)cc2)CCC1. The fraction of sp³-hybridized carbons (Fsp3) is 0.133. The minimum Gasteiger partial charge on any atom is -0.338 e. The van der Waals surface area contributed by atoms with Crippen molar-refractivity contribution < 1.29 is 4.92 Å². The number of benzene rings is 3. The molecule has 0 saturated heterocycles. The van der Waals surface area contributed by atoms with Crippen molar-refractivity contribution >= 4 is 17.2 Å². The largest absolute Gasteiger partial charge is 0.338 e. The Kier molecular flexibility index (Phi) is 4.92. The zero-order chi connectivity index (χ0) is 25.9. The molecule has 5 aromatic rings. The van der Waals surface area contributed by atoms with Crippen LogP contribution in [0, 0.1) is 10.1 Å². The molecule has 8 nitrogen and oxygen atoms in total. The van der Waals surface area contributed by atoms with Crippen LogP contribution in [0.1, 0.15) is 24.8 Å². The van der Waals surface area contributed by atoms with Crippen molar-refractivity contribution in [3.05, 3.63) is 107 Å². The number of nitrogens with zero attached hydrogens (tertiary/aromatic N) is 4. The second kappa shape index (κ2) is 8.36. The predicted octanol–water partition coefficient (Wildman–Crippen LogP) is 6.57. The van der Waals surface area contributed by atoms with Crippen molar-refractivity contribution in [1.82, 2.24) is 14.5 Å². The van der Waals surface area contributed by atoms with E-state index in [-0.39, 0.29) is 11.2 Å². The van der Waals surface area contributed by atoms with Gasteiger partial charge in [0.25, 0.3) is 5.69 Å². The van der Waals surface area contributed by atoms with Gasteiger partial charge < -0.3 is 11.1 Å². The highest BCUT2D eigenvalue weighted by molar-refractivity contribution is 5.91. The number of rotatable bonds is 4. The lowest BCUT2D eigenvalue weighted by atomic mass is 9.72. The van der Waals surface area contributed by atoms with Gasteiger partial charge in [0, 0.05) is 40.6 Å². The first-order valence-electron chi connectivity index (χ1n) is 12.6. The Hall–Kier alpha value is -4.82. The molecule has 2 aromatic heterocycles. The van der Waals surface area contributed by atoms with E-state index in [1.54, 1.807) is 18.3 Å². The Labute approximate surface area is 219 Å². The second-order valence-electron chi connectivity index (χ2n) is 9.90. The summed E-state index contributed by atoms with van der Waals surface area (Å²) in [4.78, 5) is 20.7. The van der Waals surface area contributed by atoms with Crippen molar-refractivity contribution in [2.45, 2.75) is 24.8 Å². The number of anilines is 2. The monoisotopic (exact) mass is 500 g/mol. The summed E-state index contributed by atoms with van der Waals surface area (Å²) >= 11 is 0. The summed E-state index contributed by atoms with van der Waals surface area (Å²) < 4.78 is 2.13. The number of nitro benzene ring substituents is 1. The molecule has 8 heteroatoms. The Balaban J connectivity index is 1.51. The molecule has 3 N–H and O–H groups in total. The van der Waals surface area contributed by atoms with E-state index in [0.29, 0.717) is 0 Å². The van der Waals surface area contributed by atoms with E-state index in [4.69, 9.17) is 10.7 Å². The molecule has 0 radical (unpaired) electrons. The fourth-order valence-corrected chi connectivity index (χ4v) is 5.44. The Morgan fingerprint density at radius 2 is 1.66 bits per heavy atom. The van der Waals surface area contributed by atoms with Crippen LogP contribution in [0.25, 0.3) is 39.6 Å². The van der Waals surface area contributed by atoms with E-state index < -0.39 is 4.92 Å². The van der Waals surface area contributed by atoms with Crippen molar-refractivity contribution in [3.8, 4) is 39.6 Å². The molecule has 7 rings (SSSR count). The van der Waals surface area contributed by atoms with Crippen LogP contribution in [-0.4, -0.2) is 19.5 Å². The van der Waals surface area contributed by atoms with Crippen LogP contribution in [0.15, 0.2) is 91.1 Å². The number of hydrogen-bond donors (Lipinski definition) is 2. The lowest BCUT2D eigenvalue weighted by Gasteiger charge is -2.38. The molecule has 3 aromatic carbocycles. The number of pyridine rings is 1. The van der Waals surface area contributed by atoms with Gasteiger partial charge in [-0.1, -0.05) is 36.4 Å². The number of non-ortho nitro benzene ring substituents is 1. The Bertz CT molecular complexity index is 1700. The van der Waals surface area contributed by atoms with Crippen LogP contribution in [-0.2, 0) is 5.54 Å². The number of nitro groups is 1. The van der Waals surface area contributed by atoms with Crippen LogP contribution in [0.4, 0.5) is 17.2 Å². The highest BCUT2D eigenvalue weighted by Crippen LogP contribution is 2.45. The normalized spacial score (nSPS) is 14.8. The summed E-state index contributed by atoms with van der Waals surface area (Å²) in [5, 5.41) is 14.8. The second-order valence-corrected chi connectivity index (χ2v) is 9.90. The maximum atomic E-state index is 11.3. The predicted molar refractivity (Wildman–Crippen MR) is 147 cm³/mol. The topological polar surface area (TPSA) is 112 Å². The summed E-state index contributed by atoms with van der Waals surface area (Å²) in [6.07, 6.45) is 4.89. The molecule has 1 fully saturated rings. The molecule has 0 unspecified atom stereocenters. The maximum Gasteiger partial charge on any atom is 0.269 e. The van der Waals surface area contributed by atoms with Crippen molar-refractivity contribution in [2.24, 2.45) is 5.73 Å². The molecule has 186 valence electrons. The van der Waals surface area contributed by atoms with Gasteiger partial charge in [-0.2, -0.15) is 0 Å². The van der Waals surface area contributed by atoms with Crippen LogP contribution >= 0.6 is 0 Å². The maximum absolute atomic E-state index is 11.3. The summed E-state index contributed by atoms with van der Waals surface area (Å²) in [5.41, 5.74) is 13.6. The number of fused-ring (bicyclic) bond motifs is 5. The average Bonchev–Trinajstić information content (AvgIpc) is 3.26. The lowest BCUT2D eigenvalue weighted by Crippen LogP contribution is -2.43. The molecule has 0 bridgehead atoms. The molecule has 0 amide bonds. The fourth-order valence-electron chi connectivity index (χ4n) is 5.44. The number of nitrogens with one attached hydrogen (secondary N) is 1. The number of imidazole rings is 1. The molecular formula is C30H24N6O2. The molecule has 1 aliphatic carbocycles. The molecular weight excluding hydrogens is 476 g/mol. The number of aromatic nitrogens is 3. The van der Waals surface area contributed by atoms with Crippen molar-refractivity contribution in [3.63, 3.8) is 0 Å². The van der Waals surface area contributed by atoms with Crippen LogP contribution in [0.2, 0.25) is 0 Å². The first-order valence-corrected chi connectivity index (χ1v) is 12.6. The van der Waals surface area contributed by atoms with Gasteiger partial charge in [0.1, 0.15) is 5.82 Å². The molecule has 2 aliphatic rings. The first-order chi connectivity index (χ1) is 18.5. The van der Waals surface area contributed by atoms with E-state index in [1.807, 2.05) is 36.4 Å². The number of para-hydroxylation sites is 1. The van der Waals surface area contributed by atoms with E-state index in [9.17, 15) is 10.1 Å². The van der Waals surface area contributed by atoms with Gasteiger partial charge in [-0.3, -0.25) is 14.7 Å². The van der Waals surface area contributed by atoms with Gasteiger partial charge in [-0.05, 0) is 61.2 Å². The molecule has 1 aliphatic heterocycles. The standard InChI is InChI=1S/C30H24N6O2/c31-30(16-4-17-30)21-12-8-20(9-13-21)27-26(19-10-14-22(15-11-19)36(37)38)34-29-23-5-1-2-6-24(23)33-28-25(35(27)29)7-3-18-32-28/h1-3,5-15,18H,4,16-17,31H2,(H,32,33). The highest BCUT2D eigenvalue weighted by Gasteiger charge is 2.34. The third-order valence-corrected chi connectivity index (χ3v) is 7.66. The summed E-state index contributed by atoms with van der Waals surface area (Å²) in [6.45, 7) is 0. The van der Waals surface area contributed by atoms with Gasteiger partial charge in [0.2, 0.25) is 0 Å². The highest BCUT2D eigenvalue weighted by atomic mass is 16.6. The first kappa shape index (κ1) is 22.4. The number of nitrogens with two attached hydrogens (primary N) is 1. The van der Waals surface area contributed by atoms with Gasteiger partial charge in [0.05, 0.1) is 27.7 Å². The summed E-state index contributed by atoms with van der Waals surface area (Å²) in [6, 6.07) is 26.9. The van der Waals surface area contributed by atoms with Crippen LogP contribution in [0.5, 0.6) is 0 Å². The third-order valence-electron chi connectivity index (χ3n) is 7.66. The molecule has 1 saturated carbocycles. The van der Waals surface area contributed by atoms with E-state index in [2.05, 4.69) is 39.1 Å². The lowest BCUT2D eigenvalue weighted by molar-refractivity contribution is -0.384. The van der Waals surface area contributed by atoms with Gasteiger partial charge in [-0.25, -0.2) is 9.97 Å². The molecule has 3 heterocycles. The quantitative estimate of drug-likeness (QED) is 0.209. The Morgan fingerprint density at radius 1 is 0.921 bits per heavy atom.